The third-order valence-corrected chi connectivity index (χ3v) is 0.287. The van der Waals surface area contributed by atoms with Crippen LogP contribution in [0.4, 0.5) is 4.79 Å². The lowest BCUT2D eigenvalue weighted by Crippen LogP contribution is -1.76. The summed E-state index contributed by atoms with van der Waals surface area (Å²) in [6.45, 7) is 0. The van der Waals surface area contributed by atoms with Gasteiger partial charge in [0.05, 0.1) is 0 Å². The molecule has 0 aromatic rings. The molecule has 0 amide bonds. The molecule has 5 heavy (non-hydrogen) atoms. The van der Waals surface area contributed by atoms with E-state index in [-0.39, 0.29) is 0 Å². The van der Waals surface area contributed by atoms with E-state index in [1.54, 1.807) is 0 Å². The zero-order chi connectivity index (χ0) is 4.28. The molecule has 0 radical (unpaired) electrons. The van der Waals surface area contributed by atoms with Gasteiger partial charge >= 0.3 is 5.30 Å². The van der Waals surface area contributed by atoms with E-state index in [4.69, 9.17) is 14.5 Å². The summed E-state index contributed by atoms with van der Waals surface area (Å²) in [5.41, 5.74) is 0. The van der Waals surface area contributed by atoms with Crippen molar-refractivity contribution in [2.45, 2.75) is 0 Å². The van der Waals surface area contributed by atoms with Crippen molar-refractivity contribution >= 4 is 17.3 Å². The summed E-state index contributed by atoms with van der Waals surface area (Å²) in [6, 6.07) is 0. The fourth-order valence-electron chi connectivity index (χ4n) is 0. The maximum absolute atomic E-state index is 9.13. The Morgan fingerprint density at radius 1 is 1.80 bits per heavy atom. The van der Waals surface area contributed by atoms with Gasteiger partial charge in [-0.25, -0.2) is 4.79 Å². The van der Waals surface area contributed by atoms with E-state index < -0.39 is 17.3 Å². The Labute approximate surface area is 32.8 Å². The summed E-state index contributed by atoms with van der Waals surface area (Å²) in [5, 5.41) is 6.32. The van der Waals surface area contributed by atoms with E-state index in [0.717, 1.165) is 0 Å². The highest BCUT2D eigenvalue weighted by Gasteiger charge is 1.78. The van der Waals surface area contributed by atoms with Gasteiger partial charge in [0.15, 0.2) is 0 Å². The molecule has 0 bridgehead atoms. The average molecular weight is 96.1 g/mol. The molecule has 0 rings (SSSR count). The zero-order valence-electron chi connectivity index (χ0n) is 2.30. The lowest BCUT2D eigenvalue weighted by atomic mass is 11.6. The van der Waals surface area contributed by atoms with Crippen molar-refractivity contribution in [1.29, 1.82) is 0 Å². The molecule has 0 aromatic heterocycles. The van der Waals surface area contributed by atoms with Crippen molar-refractivity contribution < 1.29 is 14.5 Å². The van der Waals surface area contributed by atoms with Gasteiger partial charge in [0.1, 0.15) is 0 Å². The summed E-state index contributed by atoms with van der Waals surface area (Å²) >= 11 is -0.969. The Bertz CT molecular complexity index is 42.2. The minimum Gasteiger partial charge on any atom is -0.473 e. The summed E-state index contributed by atoms with van der Waals surface area (Å²) in [6.07, 6.45) is 0. The molecule has 0 aromatic carbocycles. The fourth-order valence-corrected chi connectivity index (χ4v) is 0. The molecule has 0 fully saturated rings. The van der Waals surface area contributed by atoms with Gasteiger partial charge in [0, 0.05) is 0 Å². The van der Waals surface area contributed by atoms with Gasteiger partial charge in [-0.05, 0) is 0 Å². The smallest absolute Gasteiger partial charge is 0.364 e. The Kier molecular flexibility index (Phi) is 1.95. The molecular weight excluding hydrogens is 92.1 g/mol. The Hall–Kier alpha value is -0.220. The van der Waals surface area contributed by atoms with Gasteiger partial charge in [-0.1, -0.05) is 12.0 Å². The molecule has 0 atom stereocenters. The molecule has 3 nitrogen and oxygen atoms in total. The van der Waals surface area contributed by atoms with Gasteiger partial charge in [-0.2, -0.15) is 0 Å². The second kappa shape index (κ2) is 2.04. The SMILES string of the molecule is O=C(O)[SH2]O. The summed E-state index contributed by atoms with van der Waals surface area (Å²) in [5.74, 6) is 0. The van der Waals surface area contributed by atoms with Gasteiger partial charge < -0.3 is 9.66 Å². The first-order chi connectivity index (χ1) is 2.27. The molecule has 0 saturated heterocycles. The quantitative estimate of drug-likeness (QED) is 0.457. The second-order valence-corrected chi connectivity index (χ2v) is 1.07. The number of carbonyl (C=O) groups is 1. The van der Waals surface area contributed by atoms with E-state index in [0.29, 0.717) is 0 Å². The van der Waals surface area contributed by atoms with Crippen LogP contribution >= 0.6 is 12.0 Å². The molecule has 0 heterocycles. The van der Waals surface area contributed by atoms with Crippen LogP contribution in [0.25, 0.3) is 0 Å². The topological polar surface area (TPSA) is 57.5 Å². The first-order valence-electron chi connectivity index (χ1n) is 0.901. The third-order valence-electron chi connectivity index (χ3n) is 0.0956. The molecule has 32 valence electrons. The lowest BCUT2D eigenvalue weighted by molar-refractivity contribution is 0.220. The van der Waals surface area contributed by atoms with Gasteiger partial charge in [0.2, 0.25) is 0 Å². The zero-order valence-corrected chi connectivity index (χ0v) is 3.30. The normalized spacial score (nSPS) is 11.4. The fraction of sp³-hybridized carbons (Fsp3) is 0. The molecule has 0 aliphatic heterocycles. The van der Waals surface area contributed by atoms with Crippen molar-refractivity contribution in [2.24, 2.45) is 0 Å². The maximum atomic E-state index is 9.13. The van der Waals surface area contributed by atoms with Crippen LogP contribution in [0.5, 0.6) is 0 Å². The van der Waals surface area contributed by atoms with E-state index in [1.165, 1.54) is 0 Å². The Morgan fingerprint density at radius 3 is 2.00 bits per heavy atom. The standard InChI is InChI=1S/CH4O3S/c2-1(3)5-4/h4H,5H2,(H,2,3). The monoisotopic (exact) mass is 96.0 g/mol. The first kappa shape index (κ1) is 4.78. The van der Waals surface area contributed by atoms with Crippen molar-refractivity contribution in [3.63, 3.8) is 0 Å². The van der Waals surface area contributed by atoms with E-state index >= 15 is 0 Å². The van der Waals surface area contributed by atoms with E-state index in [2.05, 4.69) is 0 Å². The molecule has 0 aliphatic carbocycles. The number of rotatable bonds is 0. The summed E-state index contributed by atoms with van der Waals surface area (Å²) in [4.78, 5) is 9.13. The summed E-state index contributed by atoms with van der Waals surface area (Å²) < 4.78 is 7.57. The second-order valence-electron chi connectivity index (χ2n) is 0.417. The highest BCUT2D eigenvalue weighted by atomic mass is 32.2. The Morgan fingerprint density at radius 2 is 2.00 bits per heavy atom. The van der Waals surface area contributed by atoms with Crippen LogP contribution in [0.15, 0.2) is 0 Å². The van der Waals surface area contributed by atoms with Crippen molar-refractivity contribution in [1.82, 2.24) is 0 Å². The molecular formula is CH4O3S. The van der Waals surface area contributed by atoms with Crippen LogP contribution < -0.4 is 0 Å². The largest absolute Gasteiger partial charge is 0.473 e. The number of hydrogen-bond donors (Lipinski definition) is 2. The molecule has 0 aliphatic rings. The average Bonchev–Trinajstić information content (AvgIpc) is 1.38. The minimum absolute atomic E-state index is 0.969. The van der Waals surface area contributed by atoms with Crippen LogP contribution in [0.3, 0.4) is 0 Å². The Balaban J connectivity index is 2.85. The highest BCUT2D eigenvalue weighted by molar-refractivity contribution is 8.08. The first-order valence-corrected chi connectivity index (χ1v) is 1.85. The molecule has 0 saturated carbocycles. The van der Waals surface area contributed by atoms with Crippen LogP contribution in [0, 0.1) is 0 Å². The van der Waals surface area contributed by atoms with Crippen molar-refractivity contribution in [3.8, 4) is 0 Å². The molecule has 0 unspecified atom stereocenters. The molecule has 0 spiro atoms. The molecule has 4 heteroatoms. The van der Waals surface area contributed by atoms with Crippen molar-refractivity contribution in [2.75, 3.05) is 0 Å². The summed E-state index contributed by atoms with van der Waals surface area (Å²) in [7, 11) is 0. The predicted molar refractivity (Wildman–Crippen MR) is 21.0 cm³/mol. The predicted octanol–water partition coefficient (Wildman–Crippen LogP) is 0.335. The van der Waals surface area contributed by atoms with Crippen LogP contribution in [-0.4, -0.2) is 15.0 Å². The van der Waals surface area contributed by atoms with Gasteiger partial charge in [-0.3, -0.25) is 0 Å². The number of hydrogen-bond acceptors (Lipinski definition) is 2. The van der Waals surface area contributed by atoms with E-state index in [1.807, 2.05) is 0 Å². The van der Waals surface area contributed by atoms with Crippen LogP contribution in [-0.2, 0) is 0 Å². The molecule has 2 N–H and O–H groups in total. The highest BCUT2D eigenvalue weighted by Crippen LogP contribution is 1.87. The van der Waals surface area contributed by atoms with Crippen LogP contribution in [0.2, 0.25) is 0 Å². The van der Waals surface area contributed by atoms with Gasteiger partial charge in [-0.15, -0.1) is 0 Å². The minimum atomic E-state index is -1.16. The van der Waals surface area contributed by atoms with Crippen LogP contribution in [0.1, 0.15) is 0 Å². The number of carboxylic acid groups (broad SMARTS) is 1. The maximum Gasteiger partial charge on any atom is 0.364 e. The third kappa shape index (κ3) is 3.78. The van der Waals surface area contributed by atoms with Crippen molar-refractivity contribution in [3.05, 3.63) is 0 Å². The lowest BCUT2D eigenvalue weighted by Gasteiger charge is -1.76. The van der Waals surface area contributed by atoms with E-state index in [9.17, 15) is 0 Å². The van der Waals surface area contributed by atoms with Gasteiger partial charge in [0.25, 0.3) is 0 Å².